The maximum Gasteiger partial charge on any atom is 0.274 e. The largest absolute Gasteiger partial charge is 0.373 e. The highest BCUT2D eigenvalue weighted by Crippen LogP contribution is 2.37. The molecule has 11 heteroatoms. The molecule has 1 amide bonds. The molecule has 31 heavy (non-hydrogen) atoms. The van der Waals surface area contributed by atoms with E-state index in [1.807, 2.05) is 0 Å². The molecule has 3 heterocycles. The molecule has 2 fully saturated rings. The van der Waals surface area contributed by atoms with Crippen LogP contribution in [0.4, 0.5) is 26.1 Å². The highest BCUT2D eigenvalue weighted by Gasteiger charge is 2.40. The molecule has 162 valence electrons. The first-order valence-corrected chi connectivity index (χ1v) is 10.1. The van der Waals surface area contributed by atoms with Crippen molar-refractivity contribution in [1.29, 1.82) is 0 Å². The quantitative estimate of drug-likeness (QED) is 0.555. The Hall–Kier alpha value is -3.50. The Labute approximate surface area is 175 Å². The minimum absolute atomic E-state index is 0.197. The zero-order valence-corrected chi connectivity index (χ0v) is 16.7. The Morgan fingerprint density at radius 1 is 1.26 bits per heavy atom. The van der Waals surface area contributed by atoms with Gasteiger partial charge in [0.25, 0.3) is 11.5 Å². The first-order valence-electron chi connectivity index (χ1n) is 10.1. The van der Waals surface area contributed by atoms with Crippen LogP contribution in [0.3, 0.4) is 0 Å². The van der Waals surface area contributed by atoms with Gasteiger partial charge in [-0.2, -0.15) is 9.61 Å². The summed E-state index contributed by atoms with van der Waals surface area (Å²) in [5.74, 6) is 0.375. The Morgan fingerprint density at radius 2 is 2.06 bits per heavy atom. The molecular weight excluding hydrogens is 408 g/mol. The third kappa shape index (κ3) is 3.39. The van der Waals surface area contributed by atoms with Crippen LogP contribution >= 0.6 is 0 Å². The molecule has 9 nitrogen and oxygen atoms in total. The molecule has 0 unspecified atom stereocenters. The second-order valence-corrected chi connectivity index (χ2v) is 7.82. The Morgan fingerprint density at radius 3 is 2.71 bits per heavy atom. The summed E-state index contributed by atoms with van der Waals surface area (Å²) in [6, 6.07) is 3.94. The molecule has 3 N–H and O–H groups in total. The summed E-state index contributed by atoms with van der Waals surface area (Å²) in [6.45, 7) is 0. The third-order valence-corrected chi connectivity index (χ3v) is 5.75. The van der Waals surface area contributed by atoms with Gasteiger partial charge < -0.3 is 20.5 Å². The van der Waals surface area contributed by atoms with Crippen LogP contribution < -0.4 is 21.5 Å². The summed E-state index contributed by atoms with van der Waals surface area (Å²) < 4.78 is 29.8. The van der Waals surface area contributed by atoms with Crippen LogP contribution in [-0.2, 0) is 0 Å². The summed E-state index contributed by atoms with van der Waals surface area (Å²) in [5, 5.41) is 12.8. The third-order valence-electron chi connectivity index (χ3n) is 5.75. The van der Waals surface area contributed by atoms with E-state index in [2.05, 4.69) is 26.0 Å². The second-order valence-electron chi connectivity index (χ2n) is 7.82. The van der Waals surface area contributed by atoms with Crippen molar-refractivity contribution in [3.63, 3.8) is 0 Å². The van der Waals surface area contributed by atoms with Crippen LogP contribution in [-0.4, -0.2) is 50.5 Å². The normalized spacial score (nSPS) is 24.5. The standard InChI is InChI=1S/C20H21F2N7O2/c1-23-17-8-16(25-14-3-2-6-28(20(14)31)15-7-12(15)22)27-18-10(9-24-29(17)18)19(30)26-13-5-4-11(13)21/h2-3,6,8-9,11-13,15,23H,4-5,7H2,1H3,(H,25,27)(H,26,30)/t11-,12-,13-,15-/m0/s1. The molecule has 3 aromatic rings. The number of nitrogens with zero attached hydrogens (tertiary/aromatic N) is 4. The molecule has 3 aromatic heterocycles. The second kappa shape index (κ2) is 7.33. The van der Waals surface area contributed by atoms with Crippen LogP contribution in [0.25, 0.3) is 5.65 Å². The predicted molar refractivity (Wildman–Crippen MR) is 110 cm³/mol. The number of rotatable bonds is 6. The van der Waals surface area contributed by atoms with Gasteiger partial charge in [0.2, 0.25) is 0 Å². The number of hydrogen-bond donors (Lipinski definition) is 3. The number of halogens is 2. The Bertz CT molecular complexity index is 1220. The Balaban J connectivity index is 1.48. The lowest BCUT2D eigenvalue weighted by molar-refractivity contribution is 0.0826. The van der Waals surface area contributed by atoms with Crippen molar-refractivity contribution in [3.05, 3.63) is 46.5 Å². The summed E-state index contributed by atoms with van der Waals surface area (Å²) in [5.41, 5.74) is 0.332. The van der Waals surface area contributed by atoms with E-state index in [9.17, 15) is 18.4 Å². The molecule has 0 bridgehead atoms. The number of alkyl halides is 2. The van der Waals surface area contributed by atoms with E-state index in [1.165, 1.54) is 15.3 Å². The fourth-order valence-corrected chi connectivity index (χ4v) is 3.68. The van der Waals surface area contributed by atoms with Crippen molar-refractivity contribution in [2.45, 2.75) is 43.7 Å². The molecule has 0 aromatic carbocycles. The number of nitrogens with one attached hydrogen (secondary N) is 3. The van der Waals surface area contributed by atoms with Gasteiger partial charge in [-0.1, -0.05) is 0 Å². The van der Waals surface area contributed by atoms with Gasteiger partial charge in [0.1, 0.15) is 35.2 Å². The van der Waals surface area contributed by atoms with E-state index < -0.39 is 30.3 Å². The first-order chi connectivity index (χ1) is 15.0. The number of amides is 1. The summed E-state index contributed by atoms with van der Waals surface area (Å²) >= 11 is 0. The number of pyridine rings is 1. The van der Waals surface area contributed by atoms with E-state index in [-0.39, 0.29) is 22.5 Å². The minimum Gasteiger partial charge on any atom is -0.373 e. The lowest BCUT2D eigenvalue weighted by Gasteiger charge is -2.30. The molecule has 0 aliphatic heterocycles. The van der Waals surface area contributed by atoms with E-state index in [1.54, 1.807) is 31.4 Å². The number of carbonyl (C=O) groups is 1. The van der Waals surface area contributed by atoms with Gasteiger partial charge >= 0.3 is 0 Å². The maximum atomic E-state index is 13.6. The predicted octanol–water partition coefficient (Wildman–Crippen LogP) is 2.19. The molecule has 2 saturated carbocycles. The van der Waals surface area contributed by atoms with Crippen LogP contribution in [0.5, 0.6) is 0 Å². The zero-order chi connectivity index (χ0) is 21.7. The smallest absolute Gasteiger partial charge is 0.274 e. The van der Waals surface area contributed by atoms with Gasteiger partial charge in [-0.3, -0.25) is 9.59 Å². The van der Waals surface area contributed by atoms with Crippen molar-refractivity contribution >= 4 is 28.9 Å². The molecular formula is C20H21F2N7O2. The highest BCUT2D eigenvalue weighted by molar-refractivity contribution is 6.00. The Kier molecular flexibility index (Phi) is 4.60. The summed E-state index contributed by atoms with van der Waals surface area (Å²) in [4.78, 5) is 29.8. The number of aromatic nitrogens is 4. The topological polar surface area (TPSA) is 105 Å². The molecule has 5 rings (SSSR count). The lowest BCUT2D eigenvalue weighted by atomic mass is 9.90. The lowest BCUT2D eigenvalue weighted by Crippen LogP contribution is -2.48. The van der Waals surface area contributed by atoms with E-state index in [0.29, 0.717) is 30.9 Å². The van der Waals surface area contributed by atoms with E-state index in [4.69, 9.17) is 0 Å². The summed E-state index contributed by atoms with van der Waals surface area (Å²) in [6.07, 6.45) is 2.24. The number of carbonyl (C=O) groups excluding carboxylic acids is 1. The van der Waals surface area contributed by atoms with Crippen molar-refractivity contribution in [2.75, 3.05) is 17.7 Å². The minimum atomic E-state index is -1.04. The molecule has 2 aliphatic carbocycles. The SMILES string of the molecule is CNc1cc(Nc2cccn([C@H]3C[C@@H]3F)c2=O)nc2c(C(=O)N[C@H]3CC[C@@H]3F)cnn12. The number of anilines is 3. The van der Waals surface area contributed by atoms with Crippen LogP contribution in [0.2, 0.25) is 0 Å². The van der Waals surface area contributed by atoms with Crippen molar-refractivity contribution in [1.82, 2.24) is 24.5 Å². The molecule has 4 atom stereocenters. The van der Waals surface area contributed by atoms with Crippen LogP contribution in [0, 0.1) is 0 Å². The molecule has 0 saturated heterocycles. The van der Waals surface area contributed by atoms with Crippen LogP contribution in [0.15, 0.2) is 35.4 Å². The van der Waals surface area contributed by atoms with Crippen LogP contribution in [0.1, 0.15) is 35.7 Å². The zero-order valence-electron chi connectivity index (χ0n) is 16.7. The van der Waals surface area contributed by atoms with Gasteiger partial charge in [-0.05, 0) is 25.0 Å². The van der Waals surface area contributed by atoms with Crippen molar-refractivity contribution in [3.8, 4) is 0 Å². The fraction of sp³-hybridized carbons (Fsp3) is 0.400. The number of fused-ring (bicyclic) bond motifs is 1. The average molecular weight is 429 g/mol. The van der Waals surface area contributed by atoms with Gasteiger partial charge in [0, 0.05) is 25.7 Å². The van der Waals surface area contributed by atoms with Crippen molar-refractivity contribution in [2.24, 2.45) is 0 Å². The van der Waals surface area contributed by atoms with E-state index in [0.717, 1.165) is 0 Å². The van der Waals surface area contributed by atoms with Gasteiger partial charge in [-0.25, -0.2) is 13.8 Å². The molecule has 2 aliphatic rings. The van der Waals surface area contributed by atoms with Crippen molar-refractivity contribution < 1.29 is 13.6 Å². The summed E-state index contributed by atoms with van der Waals surface area (Å²) in [7, 11) is 1.69. The van der Waals surface area contributed by atoms with Gasteiger partial charge in [0.05, 0.1) is 18.3 Å². The van der Waals surface area contributed by atoms with E-state index >= 15 is 0 Å². The molecule has 0 radical (unpaired) electrons. The maximum absolute atomic E-state index is 13.6. The average Bonchev–Trinajstić information content (AvgIpc) is 3.32. The first kappa shape index (κ1) is 19.5. The van der Waals surface area contributed by atoms with Gasteiger partial charge in [-0.15, -0.1) is 0 Å². The van der Waals surface area contributed by atoms with Gasteiger partial charge in [0.15, 0.2) is 5.65 Å². The fourth-order valence-electron chi connectivity index (χ4n) is 3.68. The monoisotopic (exact) mass is 429 g/mol. The highest BCUT2D eigenvalue weighted by atomic mass is 19.1. The molecule has 0 spiro atoms. The number of hydrogen-bond acceptors (Lipinski definition) is 6.